The molecule has 5 heteroatoms. The number of piperazine rings is 1. The van der Waals surface area contributed by atoms with Crippen molar-refractivity contribution in [1.82, 2.24) is 14.8 Å². The van der Waals surface area contributed by atoms with E-state index < -0.39 is 11.5 Å². The number of carboxylic acid groups (broad SMARTS) is 1. The Kier molecular flexibility index (Phi) is 4.17. The average molecular weight is 263 g/mol. The van der Waals surface area contributed by atoms with Crippen molar-refractivity contribution in [3.8, 4) is 0 Å². The standard InChI is InChI=1S/C14H21N3O2/c1-14(10-13(18)19,12-4-3-5-15-11-12)17-8-6-16(2)7-9-17/h3-5,11H,6-10H2,1-2H3,(H,18,19). The summed E-state index contributed by atoms with van der Waals surface area (Å²) in [5.74, 6) is -0.773. The predicted octanol–water partition coefficient (Wildman–Crippen LogP) is 1.02. The highest BCUT2D eigenvalue weighted by Crippen LogP contribution is 2.32. The molecule has 2 heterocycles. The van der Waals surface area contributed by atoms with Crippen LogP contribution in [0.5, 0.6) is 0 Å². The number of pyridine rings is 1. The third kappa shape index (κ3) is 3.11. The number of hydrogen-bond donors (Lipinski definition) is 1. The summed E-state index contributed by atoms with van der Waals surface area (Å²) in [6.07, 6.45) is 3.60. The first-order chi connectivity index (χ1) is 9.02. The highest BCUT2D eigenvalue weighted by atomic mass is 16.4. The Balaban J connectivity index is 2.27. The molecule has 0 spiro atoms. The van der Waals surface area contributed by atoms with Crippen LogP contribution in [0.2, 0.25) is 0 Å². The van der Waals surface area contributed by atoms with E-state index in [1.165, 1.54) is 0 Å². The monoisotopic (exact) mass is 263 g/mol. The summed E-state index contributed by atoms with van der Waals surface area (Å²) < 4.78 is 0. The number of carbonyl (C=O) groups is 1. The van der Waals surface area contributed by atoms with Gasteiger partial charge in [0.1, 0.15) is 0 Å². The largest absolute Gasteiger partial charge is 0.481 e. The number of nitrogens with zero attached hydrogens (tertiary/aromatic N) is 3. The predicted molar refractivity (Wildman–Crippen MR) is 72.9 cm³/mol. The summed E-state index contributed by atoms with van der Waals surface area (Å²) in [5.41, 5.74) is 0.489. The number of likely N-dealkylation sites (N-methyl/N-ethyl adjacent to an activating group) is 1. The van der Waals surface area contributed by atoms with Gasteiger partial charge in [0, 0.05) is 38.6 Å². The van der Waals surface area contributed by atoms with Crippen molar-refractivity contribution in [2.45, 2.75) is 18.9 Å². The molecule has 19 heavy (non-hydrogen) atoms. The normalized spacial score (nSPS) is 20.9. The summed E-state index contributed by atoms with van der Waals surface area (Å²) in [4.78, 5) is 19.9. The number of rotatable bonds is 4. The molecule has 1 aliphatic heterocycles. The van der Waals surface area contributed by atoms with Gasteiger partial charge in [0.05, 0.1) is 12.0 Å². The molecule has 0 aliphatic carbocycles. The van der Waals surface area contributed by atoms with Crippen LogP contribution in [0.4, 0.5) is 0 Å². The second-order valence-corrected chi connectivity index (χ2v) is 5.38. The molecule has 2 rings (SSSR count). The summed E-state index contributed by atoms with van der Waals surface area (Å²) in [6.45, 7) is 5.71. The number of carboxylic acids is 1. The molecular weight excluding hydrogens is 242 g/mol. The fourth-order valence-electron chi connectivity index (χ4n) is 2.67. The summed E-state index contributed by atoms with van der Waals surface area (Å²) >= 11 is 0. The van der Waals surface area contributed by atoms with E-state index in [1.54, 1.807) is 12.4 Å². The molecule has 0 saturated carbocycles. The van der Waals surface area contributed by atoms with Gasteiger partial charge < -0.3 is 10.0 Å². The maximum atomic E-state index is 11.2. The van der Waals surface area contributed by atoms with E-state index in [0.717, 1.165) is 31.7 Å². The maximum absolute atomic E-state index is 11.2. The number of hydrogen-bond acceptors (Lipinski definition) is 4. The van der Waals surface area contributed by atoms with Crippen LogP contribution in [0.1, 0.15) is 18.9 Å². The van der Waals surface area contributed by atoms with E-state index >= 15 is 0 Å². The molecule has 1 saturated heterocycles. The van der Waals surface area contributed by atoms with Crippen LogP contribution in [0, 0.1) is 0 Å². The lowest BCUT2D eigenvalue weighted by Crippen LogP contribution is -2.54. The Morgan fingerprint density at radius 2 is 2.11 bits per heavy atom. The van der Waals surface area contributed by atoms with E-state index in [2.05, 4.69) is 21.8 Å². The minimum Gasteiger partial charge on any atom is -0.481 e. The average Bonchev–Trinajstić information content (AvgIpc) is 2.39. The van der Waals surface area contributed by atoms with Crippen LogP contribution < -0.4 is 0 Å². The zero-order valence-corrected chi connectivity index (χ0v) is 11.5. The maximum Gasteiger partial charge on any atom is 0.305 e. The van der Waals surface area contributed by atoms with Crippen LogP contribution in [0.15, 0.2) is 24.5 Å². The van der Waals surface area contributed by atoms with Gasteiger partial charge in [-0.25, -0.2) is 0 Å². The van der Waals surface area contributed by atoms with Crippen LogP contribution in [-0.4, -0.2) is 59.1 Å². The van der Waals surface area contributed by atoms with Gasteiger partial charge in [0.25, 0.3) is 0 Å². The molecular formula is C14H21N3O2. The quantitative estimate of drug-likeness (QED) is 0.879. The van der Waals surface area contributed by atoms with Gasteiger partial charge in [-0.3, -0.25) is 14.7 Å². The first-order valence-electron chi connectivity index (χ1n) is 6.58. The number of aliphatic carboxylic acids is 1. The van der Waals surface area contributed by atoms with Gasteiger partial charge in [-0.2, -0.15) is 0 Å². The molecule has 1 fully saturated rings. The molecule has 1 atom stereocenters. The lowest BCUT2D eigenvalue weighted by atomic mass is 9.87. The van der Waals surface area contributed by atoms with Gasteiger partial charge in [-0.1, -0.05) is 6.07 Å². The molecule has 0 amide bonds. The van der Waals surface area contributed by atoms with E-state index in [-0.39, 0.29) is 6.42 Å². The van der Waals surface area contributed by atoms with Crippen molar-refractivity contribution in [3.63, 3.8) is 0 Å². The molecule has 5 nitrogen and oxygen atoms in total. The Hall–Kier alpha value is -1.46. The summed E-state index contributed by atoms with van der Waals surface area (Å²) in [5, 5.41) is 9.24. The summed E-state index contributed by atoms with van der Waals surface area (Å²) in [7, 11) is 2.09. The van der Waals surface area contributed by atoms with Crippen molar-refractivity contribution >= 4 is 5.97 Å². The van der Waals surface area contributed by atoms with E-state index in [1.807, 2.05) is 19.1 Å². The van der Waals surface area contributed by atoms with Gasteiger partial charge in [0.2, 0.25) is 0 Å². The first-order valence-corrected chi connectivity index (χ1v) is 6.58. The second kappa shape index (κ2) is 5.67. The Labute approximate surface area is 113 Å². The molecule has 0 radical (unpaired) electrons. The summed E-state index contributed by atoms with van der Waals surface area (Å²) in [6, 6.07) is 3.83. The minimum atomic E-state index is -0.773. The molecule has 1 aromatic rings. The van der Waals surface area contributed by atoms with E-state index in [4.69, 9.17) is 0 Å². The van der Waals surface area contributed by atoms with Gasteiger partial charge in [0.15, 0.2) is 0 Å². The Morgan fingerprint density at radius 3 is 2.63 bits per heavy atom. The van der Waals surface area contributed by atoms with Crippen molar-refractivity contribution in [3.05, 3.63) is 30.1 Å². The molecule has 0 bridgehead atoms. The van der Waals surface area contributed by atoms with E-state index in [0.29, 0.717) is 0 Å². The molecule has 1 N–H and O–H groups in total. The van der Waals surface area contributed by atoms with Crippen LogP contribution in [0.25, 0.3) is 0 Å². The Morgan fingerprint density at radius 1 is 1.42 bits per heavy atom. The SMILES string of the molecule is CN1CCN(C(C)(CC(=O)O)c2cccnc2)CC1. The van der Waals surface area contributed by atoms with Crippen LogP contribution in [-0.2, 0) is 10.3 Å². The third-order valence-corrected chi connectivity index (χ3v) is 3.98. The van der Waals surface area contributed by atoms with Crippen LogP contribution in [0.3, 0.4) is 0 Å². The minimum absolute atomic E-state index is 0.0996. The molecule has 0 aromatic carbocycles. The number of aromatic nitrogens is 1. The fraction of sp³-hybridized carbons (Fsp3) is 0.571. The van der Waals surface area contributed by atoms with Crippen molar-refractivity contribution < 1.29 is 9.90 Å². The van der Waals surface area contributed by atoms with Gasteiger partial charge in [-0.05, 0) is 25.6 Å². The van der Waals surface area contributed by atoms with Gasteiger partial charge >= 0.3 is 5.97 Å². The third-order valence-electron chi connectivity index (χ3n) is 3.98. The fourth-order valence-corrected chi connectivity index (χ4v) is 2.67. The van der Waals surface area contributed by atoms with Crippen molar-refractivity contribution in [2.24, 2.45) is 0 Å². The topological polar surface area (TPSA) is 56.7 Å². The van der Waals surface area contributed by atoms with Crippen molar-refractivity contribution in [1.29, 1.82) is 0 Å². The Bertz CT molecular complexity index is 430. The lowest BCUT2D eigenvalue weighted by molar-refractivity contribution is -0.140. The van der Waals surface area contributed by atoms with Crippen LogP contribution >= 0.6 is 0 Å². The molecule has 1 unspecified atom stereocenters. The smallest absolute Gasteiger partial charge is 0.305 e. The van der Waals surface area contributed by atoms with E-state index in [9.17, 15) is 9.90 Å². The van der Waals surface area contributed by atoms with Crippen molar-refractivity contribution in [2.75, 3.05) is 33.2 Å². The lowest BCUT2D eigenvalue weighted by Gasteiger charge is -2.44. The molecule has 1 aliphatic rings. The first kappa shape index (κ1) is 14.0. The highest BCUT2D eigenvalue weighted by Gasteiger charge is 2.37. The molecule has 1 aromatic heterocycles. The van der Waals surface area contributed by atoms with Gasteiger partial charge in [-0.15, -0.1) is 0 Å². The zero-order chi connectivity index (χ0) is 13.9. The highest BCUT2D eigenvalue weighted by molar-refractivity contribution is 5.68. The second-order valence-electron chi connectivity index (χ2n) is 5.38. The zero-order valence-electron chi connectivity index (χ0n) is 11.5. The molecule has 104 valence electrons.